The number of nitrogens with zero attached hydrogens (tertiary/aromatic N) is 1. The quantitative estimate of drug-likeness (QED) is 0.782. The Kier molecular flexibility index (Phi) is 9.45. The Morgan fingerprint density at radius 3 is 2.14 bits per heavy atom. The summed E-state index contributed by atoms with van der Waals surface area (Å²) in [4.78, 5) is 25.8. The van der Waals surface area contributed by atoms with Gasteiger partial charge in [0.1, 0.15) is 0 Å². The van der Waals surface area contributed by atoms with Crippen molar-refractivity contribution in [3.63, 3.8) is 0 Å². The zero-order chi connectivity index (χ0) is 15.8. The topological polar surface area (TPSA) is 58.6 Å². The number of esters is 1. The van der Waals surface area contributed by atoms with Gasteiger partial charge in [-0.1, -0.05) is 13.8 Å². The van der Waals surface area contributed by atoms with E-state index < -0.39 is 0 Å². The highest BCUT2D eigenvalue weighted by atomic mass is 35.5. The number of nitrogens with one attached hydrogen (secondary N) is 1. The van der Waals surface area contributed by atoms with Crippen molar-refractivity contribution in [1.82, 2.24) is 4.90 Å². The van der Waals surface area contributed by atoms with Crippen LogP contribution in [0.2, 0.25) is 0 Å². The number of carbonyl (C=O) groups excluding carboxylic acids is 2. The molecule has 6 heteroatoms. The third-order valence-electron chi connectivity index (χ3n) is 3.40. The third kappa shape index (κ3) is 5.66. The maximum absolute atomic E-state index is 12.1. The number of rotatable bonds is 7. The summed E-state index contributed by atoms with van der Waals surface area (Å²) in [5.41, 5.74) is 1.15. The van der Waals surface area contributed by atoms with Crippen LogP contribution in [0.15, 0.2) is 24.3 Å². The van der Waals surface area contributed by atoms with Crippen molar-refractivity contribution in [2.75, 3.05) is 25.0 Å². The van der Waals surface area contributed by atoms with E-state index in [0.717, 1.165) is 13.1 Å². The number of carbonyl (C=O) groups is 2. The number of benzene rings is 1. The summed E-state index contributed by atoms with van der Waals surface area (Å²) in [5.74, 6) is -0.408. The van der Waals surface area contributed by atoms with Crippen molar-refractivity contribution in [3.8, 4) is 0 Å². The maximum Gasteiger partial charge on any atom is 0.338 e. The van der Waals surface area contributed by atoms with Crippen molar-refractivity contribution in [2.24, 2.45) is 0 Å². The fourth-order valence-corrected chi connectivity index (χ4v) is 2.09. The molecule has 0 aliphatic carbocycles. The van der Waals surface area contributed by atoms with Crippen LogP contribution >= 0.6 is 12.4 Å². The van der Waals surface area contributed by atoms with E-state index in [1.165, 1.54) is 0 Å². The van der Waals surface area contributed by atoms with Gasteiger partial charge in [0.25, 0.3) is 0 Å². The van der Waals surface area contributed by atoms with E-state index in [-0.39, 0.29) is 30.3 Å². The minimum atomic E-state index is -0.355. The van der Waals surface area contributed by atoms with Crippen molar-refractivity contribution >= 4 is 30.0 Å². The molecule has 0 aliphatic rings. The van der Waals surface area contributed by atoms with Crippen molar-refractivity contribution in [1.29, 1.82) is 0 Å². The number of ether oxygens (including phenoxy) is 1. The first-order valence-electron chi connectivity index (χ1n) is 7.35. The van der Waals surface area contributed by atoms with Gasteiger partial charge >= 0.3 is 5.97 Å². The molecule has 0 spiro atoms. The minimum Gasteiger partial charge on any atom is -0.462 e. The Morgan fingerprint density at radius 1 is 1.14 bits per heavy atom. The number of hydrogen-bond acceptors (Lipinski definition) is 4. The van der Waals surface area contributed by atoms with Gasteiger partial charge in [-0.2, -0.15) is 0 Å². The maximum atomic E-state index is 12.1. The molecule has 0 saturated heterocycles. The molecular weight excluding hydrogens is 304 g/mol. The van der Waals surface area contributed by atoms with Crippen molar-refractivity contribution < 1.29 is 14.3 Å². The van der Waals surface area contributed by atoms with E-state index in [4.69, 9.17) is 4.74 Å². The van der Waals surface area contributed by atoms with Gasteiger partial charge in [0.15, 0.2) is 0 Å². The largest absolute Gasteiger partial charge is 0.462 e. The van der Waals surface area contributed by atoms with E-state index in [9.17, 15) is 9.59 Å². The summed E-state index contributed by atoms with van der Waals surface area (Å²) in [7, 11) is 0. The van der Waals surface area contributed by atoms with Crippen molar-refractivity contribution in [3.05, 3.63) is 29.8 Å². The highest BCUT2D eigenvalue weighted by Gasteiger charge is 2.18. The summed E-state index contributed by atoms with van der Waals surface area (Å²) < 4.78 is 4.91. The fraction of sp³-hybridized carbons (Fsp3) is 0.500. The molecule has 1 aromatic carbocycles. The van der Waals surface area contributed by atoms with E-state index in [1.807, 2.05) is 20.8 Å². The first-order valence-corrected chi connectivity index (χ1v) is 7.35. The van der Waals surface area contributed by atoms with Gasteiger partial charge < -0.3 is 10.1 Å². The number of amides is 1. The lowest BCUT2D eigenvalue weighted by Crippen LogP contribution is -2.41. The number of likely N-dealkylation sites (N-methyl/N-ethyl adjacent to an activating group) is 1. The molecule has 22 heavy (non-hydrogen) atoms. The van der Waals surface area contributed by atoms with E-state index in [1.54, 1.807) is 31.2 Å². The molecule has 124 valence electrons. The van der Waals surface area contributed by atoms with Gasteiger partial charge in [-0.05, 0) is 51.2 Å². The summed E-state index contributed by atoms with van der Waals surface area (Å²) >= 11 is 0. The predicted molar refractivity (Wildman–Crippen MR) is 90.7 cm³/mol. The zero-order valence-corrected chi connectivity index (χ0v) is 14.4. The Bertz CT molecular complexity index is 473. The molecule has 0 aromatic heterocycles. The normalized spacial score (nSPS) is 11.5. The average Bonchev–Trinajstić information content (AvgIpc) is 2.49. The van der Waals surface area contributed by atoms with Crippen LogP contribution in [0.25, 0.3) is 0 Å². The first kappa shape index (κ1) is 20.4. The molecule has 1 N–H and O–H groups in total. The summed E-state index contributed by atoms with van der Waals surface area (Å²) in [6, 6.07) is 6.52. The monoisotopic (exact) mass is 328 g/mol. The molecule has 0 heterocycles. The molecule has 1 aromatic rings. The van der Waals surface area contributed by atoms with Gasteiger partial charge in [0.2, 0.25) is 5.91 Å². The molecule has 5 nitrogen and oxygen atoms in total. The fourth-order valence-electron chi connectivity index (χ4n) is 2.09. The SMILES string of the molecule is CCOC(=O)c1ccc(NC(=O)C(C)N(CC)CC)cc1.Cl. The Labute approximate surface area is 138 Å². The van der Waals surface area contributed by atoms with Crippen LogP contribution in [-0.2, 0) is 9.53 Å². The summed E-state index contributed by atoms with van der Waals surface area (Å²) in [5, 5.41) is 2.86. The molecule has 0 aliphatic heterocycles. The smallest absolute Gasteiger partial charge is 0.338 e. The molecule has 1 unspecified atom stereocenters. The zero-order valence-electron chi connectivity index (χ0n) is 13.6. The van der Waals surface area contributed by atoms with Crippen LogP contribution in [0.1, 0.15) is 38.1 Å². The molecule has 1 amide bonds. The van der Waals surface area contributed by atoms with Crippen LogP contribution in [0, 0.1) is 0 Å². The van der Waals surface area contributed by atoms with Crippen LogP contribution in [-0.4, -0.2) is 42.5 Å². The van der Waals surface area contributed by atoms with Crippen LogP contribution < -0.4 is 5.32 Å². The molecule has 0 bridgehead atoms. The lowest BCUT2D eigenvalue weighted by atomic mass is 10.2. The van der Waals surface area contributed by atoms with Crippen LogP contribution in [0.4, 0.5) is 5.69 Å². The molecule has 1 rings (SSSR count). The number of anilines is 1. The van der Waals surface area contributed by atoms with Gasteiger partial charge in [0, 0.05) is 5.69 Å². The molecule has 0 radical (unpaired) electrons. The Hall–Kier alpha value is -1.59. The number of halogens is 1. The Balaban J connectivity index is 0.00000441. The standard InChI is InChI=1S/C16H24N2O3.ClH/c1-5-18(6-2)12(4)15(19)17-14-10-8-13(9-11-14)16(20)21-7-3;/h8-12H,5-7H2,1-4H3,(H,17,19);1H. The van der Waals surface area contributed by atoms with E-state index in [2.05, 4.69) is 10.2 Å². The minimum absolute atomic E-state index is 0. The average molecular weight is 329 g/mol. The van der Waals surface area contributed by atoms with Crippen LogP contribution in [0.5, 0.6) is 0 Å². The third-order valence-corrected chi connectivity index (χ3v) is 3.40. The van der Waals surface area contributed by atoms with Crippen molar-refractivity contribution in [2.45, 2.75) is 33.7 Å². The van der Waals surface area contributed by atoms with Gasteiger partial charge in [-0.3, -0.25) is 9.69 Å². The van der Waals surface area contributed by atoms with Gasteiger partial charge in [-0.25, -0.2) is 4.79 Å². The predicted octanol–water partition coefficient (Wildman–Crippen LogP) is 2.95. The number of hydrogen-bond donors (Lipinski definition) is 1. The molecule has 1 atom stereocenters. The summed E-state index contributed by atoms with van der Waals surface area (Å²) in [6.45, 7) is 9.71. The van der Waals surface area contributed by atoms with Gasteiger partial charge in [0.05, 0.1) is 18.2 Å². The van der Waals surface area contributed by atoms with E-state index in [0.29, 0.717) is 17.9 Å². The Morgan fingerprint density at radius 2 is 1.68 bits per heavy atom. The molecule has 0 fully saturated rings. The van der Waals surface area contributed by atoms with Gasteiger partial charge in [-0.15, -0.1) is 12.4 Å². The second-order valence-corrected chi connectivity index (χ2v) is 4.68. The lowest BCUT2D eigenvalue weighted by molar-refractivity contribution is -0.120. The van der Waals surface area contributed by atoms with Crippen LogP contribution in [0.3, 0.4) is 0 Å². The van der Waals surface area contributed by atoms with E-state index >= 15 is 0 Å². The second kappa shape index (κ2) is 10.2. The molecule has 0 saturated carbocycles. The summed E-state index contributed by atoms with van der Waals surface area (Å²) in [6.07, 6.45) is 0. The lowest BCUT2D eigenvalue weighted by Gasteiger charge is -2.25. The highest BCUT2D eigenvalue weighted by molar-refractivity contribution is 5.95. The second-order valence-electron chi connectivity index (χ2n) is 4.68. The first-order chi connectivity index (χ1) is 10.0. The highest BCUT2D eigenvalue weighted by Crippen LogP contribution is 2.12. The molecular formula is C16H25ClN2O3.